The SMILES string of the molecule is CCOCCOc1cc(C)ccc1CNC(=NC)NCc1nc2ccccc2n1C.I. The van der Waals surface area contributed by atoms with Gasteiger partial charge in [0, 0.05) is 32.8 Å². The zero-order valence-corrected chi connectivity index (χ0v) is 21.0. The second-order valence-electron chi connectivity index (χ2n) is 7.01. The first-order valence-corrected chi connectivity index (χ1v) is 10.3. The predicted molar refractivity (Wildman–Crippen MR) is 136 cm³/mol. The molecule has 0 amide bonds. The minimum Gasteiger partial charge on any atom is -0.491 e. The van der Waals surface area contributed by atoms with Gasteiger partial charge in [-0.2, -0.15) is 0 Å². The number of imidazole rings is 1. The summed E-state index contributed by atoms with van der Waals surface area (Å²) in [6.07, 6.45) is 0. The highest BCUT2D eigenvalue weighted by Gasteiger charge is 2.09. The Bertz CT molecular complexity index is 1000. The van der Waals surface area contributed by atoms with Gasteiger partial charge in [0.2, 0.25) is 0 Å². The van der Waals surface area contributed by atoms with Crippen molar-refractivity contribution in [3.05, 3.63) is 59.4 Å². The molecule has 0 spiro atoms. The molecule has 31 heavy (non-hydrogen) atoms. The molecule has 0 fully saturated rings. The molecular formula is C23H32IN5O2. The zero-order chi connectivity index (χ0) is 21.3. The van der Waals surface area contributed by atoms with Crippen LogP contribution in [0.4, 0.5) is 0 Å². The summed E-state index contributed by atoms with van der Waals surface area (Å²) in [4.78, 5) is 9.03. The van der Waals surface area contributed by atoms with Crippen LogP contribution in [-0.4, -0.2) is 42.4 Å². The van der Waals surface area contributed by atoms with Crippen LogP contribution in [0.2, 0.25) is 0 Å². The first-order chi connectivity index (χ1) is 14.6. The number of nitrogens with one attached hydrogen (secondary N) is 2. The Morgan fingerprint density at radius 1 is 1.10 bits per heavy atom. The van der Waals surface area contributed by atoms with E-state index in [-0.39, 0.29) is 24.0 Å². The largest absolute Gasteiger partial charge is 0.491 e. The molecule has 8 heteroatoms. The first kappa shape index (κ1) is 24.9. The summed E-state index contributed by atoms with van der Waals surface area (Å²) in [5, 5.41) is 6.70. The van der Waals surface area contributed by atoms with Gasteiger partial charge in [-0.15, -0.1) is 24.0 Å². The topological polar surface area (TPSA) is 72.7 Å². The molecule has 1 aromatic heterocycles. The molecule has 0 bridgehead atoms. The summed E-state index contributed by atoms with van der Waals surface area (Å²) in [6.45, 7) is 7.03. The Labute approximate surface area is 201 Å². The molecule has 2 N–H and O–H groups in total. The van der Waals surface area contributed by atoms with E-state index in [9.17, 15) is 0 Å². The van der Waals surface area contributed by atoms with E-state index in [0.29, 0.717) is 38.9 Å². The standard InChI is InChI=1S/C23H31N5O2.HI/c1-5-29-12-13-30-21-14-17(2)10-11-18(21)15-25-23(24-3)26-16-22-27-19-8-6-7-9-20(19)28(22)4;/h6-11,14H,5,12-13,15-16H2,1-4H3,(H2,24,25,26);1H. The number of benzene rings is 2. The molecule has 1 heterocycles. The highest BCUT2D eigenvalue weighted by molar-refractivity contribution is 14.0. The Balaban J connectivity index is 0.00000341. The van der Waals surface area contributed by atoms with Gasteiger partial charge in [0.25, 0.3) is 0 Å². The lowest BCUT2D eigenvalue weighted by Gasteiger charge is -2.15. The molecule has 0 saturated carbocycles. The van der Waals surface area contributed by atoms with E-state index < -0.39 is 0 Å². The smallest absolute Gasteiger partial charge is 0.191 e. The fraction of sp³-hybridized carbons (Fsp3) is 0.391. The quantitative estimate of drug-likeness (QED) is 0.188. The van der Waals surface area contributed by atoms with Gasteiger partial charge < -0.3 is 24.7 Å². The number of ether oxygens (including phenoxy) is 2. The van der Waals surface area contributed by atoms with E-state index in [2.05, 4.69) is 51.4 Å². The number of fused-ring (bicyclic) bond motifs is 1. The van der Waals surface area contributed by atoms with Gasteiger partial charge in [-0.1, -0.05) is 24.3 Å². The van der Waals surface area contributed by atoms with Crippen LogP contribution in [-0.2, 0) is 24.9 Å². The average Bonchev–Trinajstić information content (AvgIpc) is 3.08. The first-order valence-electron chi connectivity index (χ1n) is 10.3. The van der Waals surface area contributed by atoms with Crippen molar-refractivity contribution in [2.24, 2.45) is 12.0 Å². The molecule has 7 nitrogen and oxygen atoms in total. The number of guanidine groups is 1. The monoisotopic (exact) mass is 537 g/mol. The van der Waals surface area contributed by atoms with Gasteiger partial charge in [-0.3, -0.25) is 4.99 Å². The third-order valence-corrected chi connectivity index (χ3v) is 4.88. The van der Waals surface area contributed by atoms with E-state index in [1.54, 1.807) is 7.05 Å². The van der Waals surface area contributed by atoms with Crippen LogP contribution in [0, 0.1) is 6.92 Å². The van der Waals surface area contributed by atoms with E-state index in [4.69, 9.17) is 14.5 Å². The molecule has 3 rings (SSSR count). The number of rotatable bonds is 9. The number of aromatic nitrogens is 2. The van der Waals surface area contributed by atoms with Crippen LogP contribution in [0.5, 0.6) is 5.75 Å². The minimum atomic E-state index is 0. The average molecular weight is 537 g/mol. The maximum Gasteiger partial charge on any atom is 0.191 e. The van der Waals surface area contributed by atoms with Crippen molar-refractivity contribution in [1.82, 2.24) is 20.2 Å². The van der Waals surface area contributed by atoms with Crippen LogP contribution in [0.1, 0.15) is 23.9 Å². The van der Waals surface area contributed by atoms with Gasteiger partial charge in [0.1, 0.15) is 18.2 Å². The predicted octanol–water partition coefficient (Wildman–Crippen LogP) is 3.78. The summed E-state index contributed by atoms with van der Waals surface area (Å²) < 4.78 is 13.4. The van der Waals surface area contributed by atoms with Gasteiger partial charge in [-0.05, 0) is 37.6 Å². The second-order valence-corrected chi connectivity index (χ2v) is 7.01. The normalized spacial score (nSPS) is 11.3. The van der Waals surface area contributed by atoms with Gasteiger partial charge in [0.15, 0.2) is 5.96 Å². The summed E-state index contributed by atoms with van der Waals surface area (Å²) in [5.41, 5.74) is 4.34. The maximum absolute atomic E-state index is 5.93. The molecule has 0 radical (unpaired) electrons. The van der Waals surface area contributed by atoms with Gasteiger partial charge in [0.05, 0.1) is 24.2 Å². The van der Waals surface area contributed by atoms with Crippen molar-refractivity contribution in [1.29, 1.82) is 0 Å². The number of hydrogen-bond acceptors (Lipinski definition) is 4. The van der Waals surface area contributed by atoms with Gasteiger partial charge >= 0.3 is 0 Å². The number of hydrogen-bond donors (Lipinski definition) is 2. The third-order valence-electron chi connectivity index (χ3n) is 4.88. The molecule has 0 aliphatic rings. The van der Waals surface area contributed by atoms with E-state index in [1.165, 1.54) is 0 Å². The Hall–Kier alpha value is -2.33. The molecule has 0 aliphatic carbocycles. The van der Waals surface area contributed by atoms with Crippen LogP contribution in [0.15, 0.2) is 47.5 Å². The molecule has 0 aliphatic heterocycles. The molecule has 0 unspecified atom stereocenters. The summed E-state index contributed by atoms with van der Waals surface area (Å²) in [6, 6.07) is 14.3. The summed E-state index contributed by atoms with van der Waals surface area (Å²) >= 11 is 0. The third kappa shape index (κ3) is 6.83. The number of halogens is 1. The Kier molecular flexibility index (Phi) is 10.1. The molecule has 168 valence electrons. The van der Waals surface area contributed by atoms with E-state index in [1.807, 2.05) is 32.2 Å². The molecule has 0 atom stereocenters. The van der Waals surface area contributed by atoms with Crippen molar-refractivity contribution >= 4 is 41.0 Å². The van der Waals surface area contributed by atoms with Crippen LogP contribution < -0.4 is 15.4 Å². The number of para-hydroxylation sites is 2. The van der Waals surface area contributed by atoms with E-state index in [0.717, 1.165) is 33.7 Å². The summed E-state index contributed by atoms with van der Waals surface area (Å²) in [7, 11) is 3.79. The molecule has 2 aromatic carbocycles. The van der Waals surface area contributed by atoms with Crippen molar-refractivity contribution < 1.29 is 9.47 Å². The van der Waals surface area contributed by atoms with Crippen molar-refractivity contribution in [3.63, 3.8) is 0 Å². The fourth-order valence-corrected chi connectivity index (χ4v) is 3.21. The van der Waals surface area contributed by atoms with E-state index >= 15 is 0 Å². The lowest BCUT2D eigenvalue weighted by molar-refractivity contribution is 0.110. The molecule has 0 saturated heterocycles. The Morgan fingerprint density at radius 3 is 2.61 bits per heavy atom. The fourth-order valence-electron chi connectivity index (χ4n) is 3.21. The zero-order valence-electron chi connectivity index (χ0n) is 18.6. The lowest BCUT2D eigenvalue weighted by atomic mass is 10.1. The maximum atomic E-state index is 5.93. The van der Waals surface area contributed by atoms with Crippen molar-refractivity contribution in [2.45, 2.75) is 26.9 Å². The highest BCUT2D eigenvalue weighted by Crippen LogP contribution is 2.20. The Morgan fingerprint density at radius 2 is 1.87 bits per heavy atom. The second kappa shape index (κ2) is 12.5. The van der Waals surface area contributed by atoms with Crippen LogP contribution in [0.25, 0.3) is 11.0 Å². The highest BCUT2D eigenvalue weighted by atomic mass is 127. The van der Waals surface area contributed by atoms with Crippen LogP contribution >= 0.6 is 24.0 Å². The van der Waals surface area contributed by atoms with Gasteiger partial charge in [-0.25, -0.2) is 4.98 Å². The number of aryl methyl sites for hydroxylation is 2. The lowest BCUT2D eigenvalue weighted by Crippen LogP contribution is -2.37. The minimum absolute atomic E-state index is 0. The van der Waals surface area contributed by atoms with Crippen molar-refractivity contribution in [2.75, 3.05) is 26.9 Å². The molecule has 3 aromatic rings. The summed E-state index contributed by atoms with van der Waals surface area (Å²) in [5.74, 6) is 2.53. The van der Waals surface area contributed by atoms with Crippen molar-refractivity contribution in [3.8, 4) is 5.75 Å². The van der Waals surface area contributed by atoms with Crippen LogP contribution in [0.3, 0.4) is 0 Å². The molecular weight excluding hydrogens is 505 g/mol. The number of nitrogens with zero attached hydrogens (tertiary/aromatic N) is 3. The number of aliphatic imine (C=N–C) groups is 1.